The predicted octanol–water partition coefficient (Wildman–Crippen LogP) is 3.73. The van der Waals surface area contributed by atoms with Crippen molar-refractivity contribution in [3.8, 4) is 0 Å². The molecule has 13 nitrogen and oxygen atoms in total. The Morgan fingerprint density at radius 1 is 1.10 bits per heavy atom. The largest absolute Gasteiger partial charge is 0.490 e. The number of benzene rings is 2. The standard InChI is InChI=1S/C25H24ClF4N7O4.C2HF3O2/c1-41-22(39)7-19(12-2-13(25(28,29)30)4-14(26)3-12)36-21(38)11-31-23(40)17-5-16(6-20-18(17)10-34-37-20)35-24-32-8-15(27)9-33-24;3-2(4,5)1(6)7/h2-6,10,15,19H,7-9,11H2,1H3,(H,31,40)(H,34,37)(H,36,38)(H2,32,33,35);(H,6,7)/t19-;/m0./s1. The minimum atomic E-state index is -5.08. The number of nitrogens with zero attached hydrogens (tertiary/aromatic N) is 2. The Labute approximate surface area is 270 Å². The number of aliphatic carboxylic acids is 1. The third kappa shape index (κ3) is 10.7. The molecule has 1 aliphatic rings. The van der Waals surface area contributed by atoms with Crippen LogP contribution >= 0.6 is 11.6 Å². The number of ether oxygens (including phenoxy) is 1. The Bertz CT molecular complexity index is 1700. The molecule has 1 aromatic heterocycles. The van der Waals surface area contributed by atoms with Crippen molar-refractivity contribution in [2.75, 3.05) is 32.1 Å². The van der Waals surface area contributed by atoms with Crippen LogP contribution in [-0.4, -0.2) is 84.1 Å². The Balaban J connectivity index is 0.000000804. The molecule has 0 fully saturated rings. The van der Waals surface area contributed by atoms with Gasteiger partial charge in [0.25, 0.3) is 5.91 Å². The lowest BCUT2D eigenvalue weighted by molar-refractivity contribution is -0.192. The van der Waals surface area contributed by atoms with Gasteiger partial charge in [-0.25, -0.2) is 14.2 Å². The average Bonchev–Trinajstić information content (AvgIpc) is 3.48. The maximum atomic E-state index is 13.4. The highest BCUT2D eigenvalue weighted by atomic mass is 35.5. The van der Waals surface area contributed by atoms with Gasteiger partial charge in [0.05, 0.1) is 62.0 Å². The summed E-state index contributed by atoms with van der Waals surface area (Å²) in [5, 5.41) is 24.7. The number of guanidine groups is 1. The third-order valence-electron chi connectivity index (χ3n) is 6.24. The minimum absolute atomic E-state index is 0.0201. The van der Waals surface area contributed by atoms with Crippen molar-refractivity contribution in [1.29, 1.82) is 0 Å². The normalized spacial score (nSPS) is 15.2. The molecule has 0 spiro atoms. The molecule has 4 rings (SSSR count). The molecule has 6 N–H and O–H groups in total. The number of carbonyl (C=O) groups excluding carboxylic acids is 3. The molecule has 0 aliphatic carbocycles. The summed E-state index contributed by atoms with van der Waals surface area (Å²) in [7, 11) is 1.09. The number of carbonyl (C=O) groups is 4. The molecule has 260 valence electrons. The molecular formula is C27H25ClF7N7O6. The maximum absolute atomic E-state index is 13.4. The van der Waals surface area contributed by atoms with E-state index in [1.54, 1.807) is 6.07 Å². The number of esters is 1. The minimum Gasteiger partial charge on any atom is -0.475 e. The molecule has 2 aromatic carbocycles. The van der Waals surface area contributed by atoms with E-state index in [0.717, 1.165) is 19.2 Å². The van der Waals surface area contributed by atoms with Gasteiger partial charge in [-0.2, -0.15) is 31.4 Å². The fraction of sp³-hybridized carbons (Fsp3) is 0.333. The lowest BCUT2D eigenvalue weighted by atomic mass is 10.0. The van der Waals surface area contributed by atoms with E-state index in [9.17, 15) is 45.1 Å². The molecule has 0 saturated carbocycles. The first-order valence-electron chi connectivity index (χ1n) is 13.4. The smallest absolute Gasteiger partial charge is 0.475 e. The Hall–Kier alpha value is -5.14. The van der Waals surface area contributed by atoms with Crippen molar-refractivity contribution in [2.45, 2.75) is 31.0 Å². The second kappa shape index (κ2) is 15.6. The first-order valence-corrected chi connectivity index (χ1v) is 13.7. The third-order valence-corrected chi connectivity index (χ3v) is 6.46. The molecule has 2 amide bonds. The predicted molar refractivity (Wildman–Crippen MR) is 155 cm³/mol. The molecule has 0 bridgehead atoms. The van der Waals surface area contributed by atoms with E-state index in [-0.39, 0.29) is 29.2 Å². The van der Waals surface area contributed by atoms with Gasteiger partial charge in [0, 0.05) is 16.1 Å². The van der Waals surface area contributed by atoms with Gasteiger partial charge in [-0.05, 0) is 35.9 Å². The number of hydrogen-bond acceptors (Lipinski definition) is 9. The number of rotatable bonds is 8. The first-order chi connectivity index (χ1) is 22.4. The second-order valence-corrected chi connectivity index (χ2v) is 10.2. The maximum Gasteiger partial charge on any atom is 0.490 e. The zero-order valence-corrected chi connectivity index (χ0v) is 25.1. The Morgan fingerprint density at radius 2 is 1.79 bits per heavy atom. The number of aromatic nitrogens is 2. The number of hydrogen-bond donors (Lipinski definition) is 6. The quantitative estimate of drug-likeness (QED) is 0.150. The van der Waals surface area contributed by atoms with Crippen LogP contribution in [-0.2, 0) is 25.3 Å². The van der Waals surface area contributed by atoms with Crippen LogP contribution in [0.4, 0.5) is 36.4 Å². The van der Waals surface area contributed by atoms with Crippen molar-refractivity contribution in [3.63, 3.8) is 0 Å². The van der Waals surface area contributed by atoms with Crippen LogP contribution in [0.5, 0.6) is 0 Å². The van der Waals surface area contributed by atoms with E-state index in [2.05, 4.69) is 41.2 Å². The highest BCUT2D eigenvalue weighted by Gasteiger charge is 2.38. The number of carboxylic acid groups (broad SMARTS) is 1. The molecule has 2 heterocycles. The van der Waals surface area contributed by atoms with Crippen molar-refractivity contribution >= 4 is 57.9 Å². The summed E-state index contributed by atoms with van der Waals surface area (Å²) in [5.41, 5.74) is -0.0773. The molecule has 3 aromatic rings. The summed E-state index contributed by atoms with van der Waals surface area (Å²) in [6.07, 6.45) is -9.98. The zero-order valence-electron chi connectivity index (χ0n) is 24.4. The van der Waals surface area contributed by atoms with Gasteiger partial charge >= 0.3 is 24.3 Å². The van der Waals surface area contributed by atoms with Gasteiger partial charge in [-0.15, -0.1) is 0 Å². The van der Waals surface area contributed by atoms with E-state index in [4.69, 9.17) is 21.5 Å². The van der Waals surface area contributed by atoms with Crippen LogP contribution in [0.3, 0.4) is 0 Å². The number of H-pyrrole nitrogens is 1. The van der Waals surface area contributed by atoms with Crippen molar-refractivity contribution in [3.05, 3.63) is 58.2 Å². The highest BCUT2D eigenvalue weighted by molar-refractivity contribution is 6.30. The molecular weight excluding hydrogens is 687 g/mol. The van der Waals surface area contributed by atoms with E-state index < -0.39 is 66.8 Å². The average molecular weight is 712 g/mol. The number of amides is 2. The van der Waals surface area contributed by atoms with Crippen LogP contribution in [0.25, 0.3) is 10.9 Å². The van der Waals surface area contributed by atoms with Crippen LogP contribution in [0.1, 0.15) is 33.9 Å². The monoisotopic (exact) mass is 711 g/mol. The number of fused-ring (bicyclic) bond motifs is 1. The lowest BCUT2D eigenvalue weighted by Gasteiger charge is -2.20. The van der Waals surface area contributed by atoms with Gasteiger partial charge < -0.3 is 31.1 Å². The van der Waals surface area contributed by atoms with E-state index in [1.165, 1.54) is 18.3 Å². The number of alkyl halides is 7. The summed E-state index contributed by atoms with van der Waals surface area (Å²) < 4.78 is 89.6. The molecule has 0 saturated heterocycles. The summed E-state index contributed by atoms with van der Waals surface area (Å²) in [4.78, 5) is 50.7. The van der Waals surface area contributed by atoms with Gasteiger partial charge in [0.2, 0.25) is 5.91 Å². The van der Waals surface area contributed by atoms with E-state index in [1.807, 2.05) is 0 Å². The molecule has 21 heteroatoms. The summed E-state index contributed by atoms with van der Waals surface area (Å²) in [6, 6.07) is 4.60. The number of nitrogens with one attached hydrogen (secondary N) is 5. The number of aromatic amines is 1. The van der Waals surface area contributed by atoms with E-state index in [0.29, 0.717) is 22.5 Å². The number of anilines is 1. The SMILES string of the molecule is COC(=O)C[C@H](NC(=O)CNC(=O)c1cc(NC2=NCC(F)CN2)cc2[nH]ncc12)c1cc(Cl)cc(C(F)(F)F)c1.O=C(O)C(F)(F)F. The van der Waals surface area contributed by atoms with Crippen molar-refractivity contribution in [1.82, 2.24) is 26.1 Å². The fourth-order valence-corrected chi connectivity index (χ4v) is 4.27. The summed E-state index contributed by atoms with van der Waals surface area (Å²) in [5.74, 6) is -4.69. The van der Waals surface area contributed by atoms with Crippen LogP contribution < -0.4 is 21.3 Å². The molecule has 1 aliphatic heterocycles. The Kier molecular flexibility index (Phi) is 12.2. The van der Waals surface area contributed by atoms with Crippen molar-refractivity contribution in [2.24, 2.45) is 4.99 Å². The zero-order chi connectivity index (χ0) is 35.8. The number of carboxylic acids is 1. The topological polar surface area (TPSA) is 187 Å². The molecule has 0 radical (unpaired) electrons. The number of aliphatic imine (C=N–C) groups is 1. The van der Waals surface area contributed by atoms with Gasteiger partial charge in [0.15, 0.2) is 5.96 Å². The summed E-state index contributed by atoms with van der Waals surface area (Å²) in [6.45, 7) is -0.523. The summed E-state index contributed by atoms with van der Waals surface area (Å²) >= 11 is 5.87. The number of halogens is 8. The van der Waals surface area contributed by atoms with Gasteiger partial charge in [0.1, 0.15) is 6.17 Å². The Morgan fingerprint density at radius 3 is 2.38 bits per heavy atom. The second-order valence-electron chi connectivity index (χ2n) is 9.80. The number of methoxy groups -OCH3 is 1. The van der Waals surface area contributed by atoms with Crippen LogP contribution in [0.2, 0.25) is 5.02 Å². The van der Waals surface area contributed by atoms with E-state index >= 15 is 0 Å². The van der Waals surface area contributed by atoms with Gasteiger partial charge in [-0.3, -0.25) is 19.5 Å². The lowest BCUT2D eigenvalue weighted by Crippen LogP contribution is -2.41. The van der Waals surface area contributed by atoms with Gasteiger partial charge in [-0.1, -0.05) is 11.6 Å². The molecule has 1 unspecified atom stereocenters. The fourth-order valence-electron chi connectivity index (χ4n) is 4.03. The van der Waals surface area contributed by atoms with Crippen molar-refractivity contribution < 1.29 is 59.8 Å². The molecule has 2 atom stereocenters. The van der Waals surface area contributed by atoms with Crippen LogP contribution in [0, 0.1) is 0 Å². The first kappa shape index (κ1) is 37.3. The molecule has 48 heavy (non-hydrogen) atoms. The van der Waals surface area contributed by atoms with Crippen LogP contribution in [0.15, 0.2) is 41.5 Å². The highest BCUT2D eigenvalue weighted by Crippen LogP contribution is 2.34.